The zero-order valence-electron chi connectivity index (χ0n) is 16.5. The minimum absolute atomic E-state index is 0.904. The van der Waals surface area contributed by atoms with Gasteiger partial charge in [0.25, 0.3) is 0 Å². The van der Waals surface area contributed by atoms with Crippen LogP contribution in [0.2, 0.25) is 0 Å². The Morgan fingerprint density at radius 3 is 2.17 bits per heavy atom. The van der Waals surface area contributed by atoms with Crippen LogP contribution in [0.4, 0.5) is 0 Å². The molecule has 0 bridgehead atoms. The van der Waals surface area contributed by atoms with Crippen LogP contribution in [0.25, 0.3) is 0 Å². The van der Waals surface area contributed by atoms with Gasteiger partial charge < -0.3 is 0 Å². The fraction of sp³-hybridized carbons (Fsp3) is 1.00. The lowest BCUT2D eigenvalue weighted by Crippen LogP contribution is -2.25. The molecule has 0 N–H and O–H groups in total. The van der Waals surface area contributed by atoms with Gasteiger partial charge in [-0.15, -0.1) is 0 Å². The molecule has 0 aromatic heterocycles. The molecule has 2 aliphatic rings. The van der Waals surface area contributed by atoms with E-state index in [0.717, 1.165) is 29.6 Å². The van der Waals surface area contributed by atoms with Gasteiger partial charge in [-0.25, -0.2) is 0 Å². The molecular formula is C23H44. The van der Waals surface area contributed by atoms with E-state index in [1.807, 2.05) is 0 Å². The smallest absolute Gasteiger partial charge is 0.0383 e. The summed E-state index contributed by atoms with van der Waals surface area (Å²) in [6, 6.07) is 0. The van der Waals surface area contributed by atoms with E-state index in [9.17, 15) is 0 Å². The number of rotatable bonds is 7. The summed E-state index contributed by atoms with van der Waals surface area (Å²) in [5, 5.41) is 0. The van der Waals surface area contributed by atoms with Crippen molar-refractivity contribution in [2.24, 2.45) is 29.6 Å². The predicted molar refractivity (Wildman–Crippen MR) is 104 cm³/mol. The van der Waals surface area contributed by atoms with Gasteiger partial charge in [-0.05, 0) is 55.3 Å². The second-order valence-electron chi connectivity index (χ2n) is 9.27. The molecule has 3 unspecified atom stereocenters. The molecule has 0 saturated heterocycles. The maximum atomic E-state index is 2.47. The summed E-state index contributed by atoms with van der Waals surface area (Å²) in [6.07, 6.45) is 22.8. The third kappa shape index (κ3) is 6.79. The summed E-state index contributed by atoms with van der Waals surface area (Å²) in [7, 11) is 0. The van der Waals surface area contributed by atoms with Crippen LogP contribution in [-0.4, -0.2) is 0 Å². The second kappa shape index (κ2) is 10.8. The van der Waals surface area contributed by atoms with Crippen LogP contribution in [0.5, 0.6) is 0 Å². The van der Waals surface area contributed by atoms with E-state index in [2.05, 4.69) is 20.8 Å². The van der Waals surface area contributed by atoms with Gasteiger partial charge in [0.05, 0.1) is 0 Å². The first-order chi connectivity index (χ1) is 11.2. The fourth-order valence-corrected chi connectivity index (χ4v) is 5.51. The van der Waals surface area contributed by atoms with E-state index >= 15 is 0 Å². The molecule has 2 saturated carbocycles. The average Bonchev–Trinajstić information content (AvgIpc) is 2.54. The van der Waals surface area contributed by atoms with E-state index in [1.165, 1.54) is 70.6 Å². The summed E-state index contributed by atoms with van der Waals surface area (Å²) in [6.45, 7) is 7.28. The van der Waals surface area contributed by atoms with Crippen molar-refractivity contribution in [3.8, 4) is 0 Å². The number of hydrogen-bond donors (Lipinski definition) is 0. The molecule has 0 aromatic carbocycles. The molecule has 0 radical (unpaired) electrons. The summed E-state index contributed by atoms with van der Waals surface area (Å²) in [4.78, 5) is 0. The minimum atomic E-state index is 0.904. The average molecular weight is 321 g/mol. The van der Waals surface area contributed by atoms with Gasteiger partial charge in [-0.2, -0.15) is 0 Å². The number of hydrogen-bond acceptors (Lipinski definition) is 0. The van der Waals surface area contributed by atoms with Crippen LogP contribution in [0.3, 0.4) is 0 Å². The summed E-state index contributed by atoms with van der Waals surface area (Å²) in [5.41, 5.74) is 0. The van der Waals surface area contributed by atoms with E-state index < -0.39 is 0 Å². The largest absolute Gasteiger partial charge is 0.0654 e. The molecule has 2 rings (SSSR count). The standard InChI is InChI=1S/C23H44/c1-4-5-6-8-11-20-14-15-21(19(2)3)16-17-23(18-20)22-12-9-7-10-13-22/h19-23H,4-18H2,1-3H3. The third-order valence-corrected chi connectivity index (χ3v) is 7.22. The first-order valence-corrected chi connectivity index (χ1v) is 11.2. The molecule has 0 aromatic rings. The molecule has 0 spiro atoms. The fourth-order valence-electron chi connectivity index (χ4n) is 5.51. The molecule has 3 atom stereocenters. The van der Waals surface area contributed by atoms with Crippen molar-refractivity contribution in [2.75, 3.05) is 0 Å². The Bertz CT molecular complexity index is 286. The van der Waals surface area contributed by atoms with Gasteiger partial charge in [0, 0.05) is 0 Å². The van der Waals surface area contributed by atoms with Crippen molar-refractivity contribution >= 4 is 0 Å². The van der Waals surface area contributed by atoms with Crippen molar-refractivity contribution in [1.82, 2.24) is 0 Å². The first-order valence-electron chi connectivity index (χ1n) is 11.2. The highest BCUT2D eigenvalue weighted by Crippen LogP contribution is 2.42. The molecule has 0 heterocycles. The van der Waals surface area contributed by atoms with E-state index in [1.54, 1.807) is 25.7 Å². The van der Waals surface area contributed by atoms with Crippen molar-refractivity contribution in [3.63, 3.8) is 0 Å². The van der Waals surface area contributed by atoms with Gasteiger partial charge >= 0.3 is 0 Å². The second-order valence-corrected chi connectivity index (χ2v) is 9.27. The van der Waals surface area contributed by atoms with Gasteiger partial charge in [0.1, 0.15) is 0 Å². The maximum absolute atomic E-state index is 2.47. The van der Waals surface area contributed by atoms with Crippen LogP contribution in [0, 0.1) is 29.6 Å². The molecule has 23 heavy (non-hydrogen) atoms. The zero-order chi connectivity index (χ0) is 16.5. The summed E-state index contributed by atoms with van der Waals surface area (Å²) >= 11 is 0. The molecule has 2 aliphatic carbocycles. The molecule has 0 aliphatic heterocycles. The topological polar surface area (TPSA) is 0 Å². The highest BCUT2D eigenvalue weighted by molar-refractivity contribution is 4.81. The first kappa shape index (κ1) is 19.3. The zero-order valence-corrected chi connectivity index (χ0v) is 16.5. The van der Waals surface area contributed by atoms with E-state index in [-0.39, 0.29) is 0 Å². The van der Waals surface area contributed by atoms with Crippen LogP contribution < -0.4 is 0 Å². The lowest BCUT2D eigenvalue weighted by atomic mass is 9.69. The normalized spacial score (nSPS) is 31.0. The van der Waals surface area contributed by atoms with E-state index in [0.29, 0.717) is 0 Å². The van der Waals surface area contributed by atoms with Gasteiger partial charge in [-0.1, -0.05) is 91.4 Å². The maximum Gasteiger partial charge on any atom is -0.0383 e. The van der Waals surface area contributed by atoms with E-state index in [4.69, 9.17) is 0 Å². The Hall–Kier alpha value is 0. The Morgan fingerprint density at radius 1 is 0.739 bits per heavy atom. The van der Waals surface area contributed by atoms with Gasteiger partial charge in [-0.3, -0.25) is 0 Å². The molecule has 0 heteroatoms. The van der Waals surface area contributed by atoms with Gasteiger partial charge in [0.15, 0.2) is 0 Å². The van der Waals surface area contributed by atoms with Crippen molar-refractivity contribution in [2.45, 2.75) is 117 Å². The molecule has 2 fully saturated rings. The van der Waals surface area contributed by atoms with Crippen molar-refractivity contribution in [3.05, 3.63) is 0 Å². The quantitative estimate of drug-likeness (QED) is 0.417. The third-order valence-electron chi connectivity index (χ3n) is 7.22. The Kier molecular flexibility index (Phi) is 9.06. The van der Waals surface area contributed by atoms with Crippen LogP contribution in [-0.2, 0) is 0 Å². The SMILES string of the molecule is CCCCCCC1CCC(C(C)C)CCC(C2CCCCC2)C1. The lowest BCUT2D eigenvalue weighted by molar-refractivity contribution is 0.145. The molecule has 0 nitrogen and oxygen atoms in total. The summed E-state index contributed by atoms with van der Waals surface area (Å²) < 4.78 is 0. The van der Waals surface area contributed by atoms with Crippen molar-refractivity contribution in [1.29, 1.82) is 0 Å². The van der Waals surface area contributed by atoms with Gasteiger partial charge in [0.2, 0.25) is 0 Å². The number of unbranched alkanes of at least 4 members (excludes halogenated alkanes) is 3. The monoisotopic (exact) mass is 320 g/mol. The predicted octanol–water partition coefficient (Wildman–Crippen LogP) is 8.01. The van der Waals surface area contributed by atoms with Crippen LogP contribution in [0.15, 0.2) is 0 Å². The molecular weight excluding hydrogens is 276 g/mol. The highest BCUT2D eigenvalue weighted by atomic mass is 14.4. The highest BCUT2D eigenvalue weighted by Gasteiger charge is 2.29. The lowest BCUT2D eigenvalue weighted by Gasteiger charge is -2.37. The Morgan fingerprint density at radius 2 is 1.48 bits per heavy atom. The Balaban J connectivity index is 1.90. The molecule has 136 valence electrons. The van der Waals surface area contributed by atoms with Crippen molar-refractivity contribution < 1.29 is 0 Å². The molecule has 0 amide bonds. The Labute approximate surface area is 147 Å². The van der Waals surface area contributed by atoms with Crippen LogP contribution in [0.1, 0.15) is 117 Å². The minimum Gasteiger partial charge on any atom is -0.0654 e. The summed E-state index contributed by atoms with van der Waals surface area (Å²) in [5.74, 6) is 5.14. The van der Waals surface area contributed by atoms with Crippen LogP contribution >= 0.6 is 0 Å².